The molecule has 6 rings (SSSR count). The lowest BCUT2D eigenvalue weighted by Crippen LogP contribution is -2.54. The molecule has 1 unspecified atom stereocenters. The molecule has 1 amide bonds. The summed E-state index contributed by atoms with van der Waals surface area (Å²) in [6.45, 7) is 4.65. The van der Waals surface area contributed by atoms with Crippen LogP contribution in [0.3, 0.4) is 0 Å². The predicted octanol–water partition coefficient (Wildman–Crippen LogP) is 5.50. The van der Waals surface area contributed by atoms with E-state index in [0.29, 0.717) is 5.91 Å². The average molecular weight is 502 g/mol. The number of piperazine rings is 1. The van der Waals surface area contributed by atoms with Gasteiger partial charge in [-0.25, -0.2) is 0 Å². The van der Waals surface area contributed by atoms with Gasteiger partial charge in [0.15, 0.2) is 6.26 Å². The molecule has 2 fully saturated rings. The second-order valence-electron chi connectivity index (χ2n) is 11.0. The Hall–Kier alpha value is -2.99. The lowest BCUT2D eigenvalue weighted by atomic mass is 9.93. The molecular formula is C31H39N3O3. The Morgan fingerprint density at radius 3 is 2.54 bits per heavy atom. The van der Waals surface area contributed by atoms with Crippen molar-refractivity contribution in [3.05, 3.63) is 77.8 Å². The zero-order valence-electron chi connectivity index (χ0n) is 21.8. The van der Waals surface area contributed by atoms with Gasteiger partial charge in [-0.2, -0.15) is 0 Å². The van der Waals surface area contributed by atoms with Crippen LogP contribution >= 0.6 is 0 Å². The molecule has 0 aromatic heterocycles. The van der Waals surface area contributed by atoms with E-state index in [1.807, 2.05) is 0 Å². The van der Waals surface area contributed by atoms with Crippen molar-refractivity contribution in [1.82, 2.24) is 9.80 Å². The lowest BCUT2D eigenvalue weighted by molar-refractivity contribution is -0.123. The maximum absolute atomic E-state index is 13.7. The van der Waals surface area contributed by atoms with Crippen LogP contribution in [0.15, 0.2) is 72.2 Å². The van der Waals surface area contributed by atoms with Crippen LogP contribution in [-0.2, 0) is 20.7 Å². The normalized spacial score (nSPS) is 24.5. The summed E-state index contributed by atoms with van der Waals surface area (Å²) in [6.07, 6.45) is 19.6. The second kappa shape index (κ2) is 11.2. The van der Waals surface area contributed by atoms with E-state index in [1.54, 1.807) is 12.5 Å². The highest BCUT2D eigenvalue weighted by Crippen LogP contribution is 2.36. The van der Waals surface area contributed by atoms with Gasteiger partial charge in [-0.15, -0.1) is 0 Å². The summed E-state index contributed by atoms with van der Waals surface area (Å²) in [4.78, 5) is 20.7. The molecule has 0 N–H and O–H groups in total. The number of ether oxygens (including phenoxy) is 2. The van der Waals surface area contributed by atoms with Crippen molar-refractivity contribution in [3.8, 4) is 0 Å². The number of carbonyl (C=O) groups is 1. The molecule has 1 saturated carbocycles. The summed E-state index contributed by atoms with van der Waals surface area (Å²) in [5.41, 5.74) is 3.85. The number of hydrogen-bond acceptors (Lipinski definition) is 5. The van der Waals surface area contributed by atoms with Gasteiger partial charge >= 0.3 is 0 Å². The molecule has 6 heteroatoms. The summed E-state index contributed by atoms with van der Waals surface area (Å²) < 4.78 is 11.9. The number of rotatable bonds is 6. The van der Waals surface area contributed by atoms with Crippen molar-refractivity contribution < 1.29 is 14.3 Å². The quantitative estimate of drug-likeness (QED) is 0.515. The molecule has 1 aromatic carbocycles. The minimum Gasteiger partial charge on any atom is -0.460 e. The second-order valence-corrected chi connectivity index (χ2v) is 11.0. The third-order valence-corrected chi connectivity index (χ3v) is 8.58. The Bertz CT molecular complexity index is 1110. The third-order valence-electron chi connectivity index (χ3n) is 8.58. The van der Waals surface area contributed by atoms with Crippen LogP contribution in [0.5, 0.6) is 0 Å². The fourth-order valence-electron chi connectivity index (χ4n) is 6.46. The molecule has 37 heavy (non-hydrogen) atoms. The smallest absolute Gasteiger partial charge is 0.231 e. The van der Waals surface area contributed by atoms with Gasteiger partial charge in [0.2, 0.25) is 11.8 Å². The van der Waals surface area contributed by atoms with Crippen LogP contribution in [0.2, 0.25) is 0 Å². The van der Waals surface area contributed by atoms with Gasteiger partial charge in [-0.05, 0) is 50.2 Å². The van der Waals surface area contributed by atoms with Crippen LogP contribution in [0, 0.1) is 5.92 Å². The average Bonchev–Trinajstić information content (AvgIpc) is 3.49. The van der Waals surface area contributed by atoms with Gasteiger partial charge < -0.3 is 19.3 Å². The van der Waals surface area contributed by atoms with Gasteiger partial charge in [0.05, 0.1) is 0 Å². The Labute approximate surface area is 220 Å². The highest BCUT2D eigenvalue weighted by molar-refractivity contribution is 5.97. The Morgan fingerprint density at radius 2 is 1.78 bits per heavy atom. The topological polar surface area (TPSA) is 45.3 Å². The van der Waals surface area contributed by atoms with Gasteiger partial charge in [0.1, 0.15) is 12.0 Å². The van der Waals surface area contributed by atoms with Crippen LogP contribution in [0.1, 0.15) is 56.9 Å². The van der Waals surface area contributed by atoms with E-state index in [4.69, 9.17) is 9.47 Å². The number of hydrogen-bond donors (Lipinski definition) is 0. The van der Waals surface area contributed by atoms with Gasteiger partial charge in [-0.1, -0.05) is 54.8 Å². The number of fused-ring (bicyclic) bond motifs is 1. The molecule has 6 nitrogen and oxygen atoms in total. The van der Waals surface area contributed by atoms with Crippen LogP contribution in [-0.4, -0.2) is 54.5 Å². The van der Waals surface area contributed by atoms with E-state index >= 15 is 0 Å². The number of amides is 1. The zero-order valence-corrected chi connectivity index (χ0v) is 21.8. The van der Waals surface area contributed by atoms with Gasteiger partial charge in [-0.3, -0.25) is 9.69 Å². The molecule has 196 valence electrons. The molecule has 3 heterocycles. The fourth-order valence-corrected chi connectivity index (χ4v) is 6.46. The molecule has 0 bridgehead atoms. The Morgan fingerprint density at radius 1 is 0.946 bits per heavy atom. The van der Waals surface area contributed by atoms with E-state index in [-0.39, 0.29) is 12.0 Å². The number of benzene rings is 1. The lowest BCUT2D eigenvalue weighted by Gasteiger charge is -2.43. The first kappa shape index (κ1) is 24.4. The standard InChI is InChI=1S/C31H39N3O3/c35-31(26-11-4-5-12-26)34-27(15-14-25-10-6-7-13-29(25)34)21-32-16-18-33(19-17-32)30-23-36-28(22-37-30)20-24-8-2-1-3-9-24/h1-2,6-8,10,13,22-23,26-27H,3-5,9,11-12,14-21H2. The van der Waals surface area contributed by atoms with E-state index in [9.17, 15) is 4.79 Å². The van der Waals surface area contributed by atoms with Crippen molar-refractivity contribution in [1.29, 1.82) is 0 Å². The summed E-state index contributed by atoms with van der Waals surface area (Å²) >= 11 is 0. The highest BCUT2D eigenvalue weighted by atomic mass is 16.6. The fraction of sp³-hybridized carbons (Fsp3) is 0.516. The Kier molecular flexibility index (Phi) is 7.36. The number of allylic oxidation sites excluding steroid dienone is 4. The molecule has 2 aliphatic carbocycles. The molecule has 5 aliphatic rings. The maximum Gasteiger partial charge on any atom is 0.231 e. The zero-order chi connectivity index (χ0) is 25.0. The number of anilines is 1. The monoisotopic (exact) mass is 501 g/mol. The summed E-state index contributed by atoms with van der Waals surface area (Å²) in [5, 5.41) is 0. The summed E-state index contributed by atoms with van der Waals surface area (Å²) in [7, 11) is 0. The Balaban J connectivity index is 1.04. The minimum atomic E-state index is 0.199. The highest BCUT2D eigenvalue weighted by Gasteiger charge is 2.37. The molecule has 1 aromatic rings. The summed E-state index contributed by atoms with van der Waals surface area (Å²) in [6, 6.07) is 8.78. The van der Waals surface area contributed by atoms with Gasteiger partial charge in [0.25, 0.3) is 0 Å². The minimum absolute atomic E-state index is 0.199. The molecule has 1 atom stereocenters. The molecule has 1 saturated heterocycles. The van der Waals surface area contributed by atoms with E-state index in [1.165, 1.54) is 24.0 Å². The first-order valence-electron chi connectivity index (χ1n) is 14.2. The van der Waals surface area contributed by atoms with E-state index in [0.717, 1.165) is 95.0 Å². The van der Waals surface area contributed by atoms with Crippen molar-refractivity contribution in [2.45, 2.75) is 63.8 Å². The van der Waals surface area contributed by atoms with Crippen LogP contribution in [0.25, 0.3) is 0 Å². The number of para-hydroxylation sites is 1. The van der Waals surface area contributed by atoms with Crippen LogP contribution in [0.4, 0.5) is 5.69 Å². The van der Waals surface area contributed by atoms with Gasteiger partial charge in [0, 0.05) is 56.8 Å². The largest absolute Gasteiger partial charge is 0.460 e. The van der Waals surface area contributed by atoms with E-state index in [2.05, 4.69) is 57.2 Å². The molecule has 3 aliphatic heterocycles. The number of carbonyl (C=O) groups excluding carboxylic acids is 1. The summed E-state index contributed by atoms with van der Waals surface area (Å²) in [5.74, 6) is 2.22. The van der Waals surface area contributed by atoms with Crippen LogP contribution < -0.4 is 4.90 Å². The maximum atomic E-state index is 13.7. The predicted molar refractivity (Wildman–Crippen MR) is 145 cm³/mol. The molecular weight excluding hydrogens is 462 g/mol. The van der Waals surface area contributed by atoms with E-state index < -0.39 is 0 Å². The SMILES string of the molecule is O=C(C1CCCC1)N1c2ccccc2CCC1CN1CCN(C2=COC(CC3=CC=CCC3)=CO2)CC1. The van der Waals surface area contributed by atoms with Crippen molar-refractivity contribution in [3.63, 3.8) is 0 Å². The molecule has 0 radical (unpaired) electrons. The van der Waals surface area contributed by atoms with Crippen molar-refractivity contribution >= 4 is 11.6 Å². The number of nitrogens with zero attached hydrogens (tertiary/aromatic N) is 3. The third kappa shape index (κ3) is 5.49. The molecule has 0 spiro atoms. The number of aryl methyl sites for hydroxylation is 1. The van der Waals surface area contributed by atoms with Crippen molar-refractivity contribution in [2.24, 2.45) is 5.92 Å². The first-order chi connectivity index (χ1) is 18.2. The first-order valence-corrected chi connectivity index (χ1v) is 14.2. The van der Waals surface area contributed by atoms with Crippen molar-refractivity contribution in [2.75, 3.05) is 37.6 Å².